The van der Waals surface area contributed by atoms with Gasteiger partial charge in [0.05, 0.1) is 13.2 Å². The standard InChI is InChI=1S/C40H56N6O8/c1-28-24-30(25-29(2)37(28)48)26-35(38(49)44-13-9-32(10-14-44)43-20-18-42(19-21-43)27-36(47)53-23-22-52-3)54-40(51)45-15-11-33(12-16-45)46-17-8-31-6-4-5-7-34(31)41-39(46)50/h4-7,24-25,32-33,35,48H,8-23,26-27H2,1-3H3,(H,41,50)/t35-/m1/s1. The highest BCUT2D eigenvalue weighted by molar-refractivity contribution is 5.91. The van der Waals surface area contributed by atoms with E-state index in [-0.39, 0.29) is 49.3 Å². The molecule has 54 heavy (non-hydrogen) atoms. The molecule has 0 bridgehead atoms. The molecule has 2 aromatic rings. The summed E-state index contributed by atoms with van der Waals surface area (Å²) >= 11 is 0. The van der Waals surface area contributed by atoms with Crippen molar-refractivity contribution in [3.05, 3.63) is 58.7 Å². The number of amides is 4. The molecule has 3 saturated heterocycles. The molecular formula is C40H56N6O8. The van der Waals surface area contributed by atoms with E-state index in [2.05, 4.69) is 15.1 Å². The largest absolute Gasteiger partial charge is 0.507 e. The Morgan fingerprint density at radius 1 is 0.852 bits per heavy atom. The molecule has 14 heteroatoms. The van der Waals surface area contributed by atoms with Crippen LogP contribution in [-0.4, -0.2) is 158 Å². The van der Waals surface area contributed by atoms with E-state index in [1.807, 2.05) is 60.0 Å². The van der Waals surface area contributed by atoms with Crippen LogP contribution in [0.5, 0.6) is 5.75 Å². The van der Waals surface area contributed by atoms with Gasteiger partial charge in [0.2, 0.25) is 0 Å². The summed E-state index contributed by atoms with van der Waals surface area (Å²) in [5, 5.41) is 13.4. The van der Waals surface area contributed by atoms with E-state index in [0.717, 1.165) is 62.3 Å². The van der Waals surface area contributed by atoms with E-state index < -0.39 is 12.2 Å². The second-order valence-electron chi connectivity index (χ2n) is 15.0. The first-order valence-electron chi connectivity index (χ1n) is 19.4. The lowest BCUT2D eigenvalue weighted by Gasteiger charge is -2.43. The van der Waals surface area contributed by atoms with Gasteiger partial charge in [0, 0.05) is 90.2 Å². The summed E-state index contributed by atoms with van der Waals surface area (Å²) in [4.78, 5) is 63.1. The summed E-state index contributed by atoms with van der Waals surface area (Å²) in [6.07, 6.45) is 2.28. The summed E-state index contributed by atoms with van der Waals surface area (Å²) in [5.41, 5.74) is 4.18. The zero-order valence-corrected chi connectivity index (χ0v) is 32.0. The minimum absolute atomic E-state index is 0.00407. The van der Waals surface area contributed by atoms with Gasteiger partial charge < -0.3 is 39.3 Å². The molecule has 294 valence electrons. The Balaban J connectivity index is 1.03. The Morgan fingerprint density at radius 2 is 1.50 bits per heavy atom. The lowest BCUT2D eigenvalue weighted by Crippen LogP contribution is -2.55. The van der Waals surface area contributed by atoms with Crippen LogP contribution >= 0.6 is 0 Å². The number of hydrogen-bond acceptors (Lipinski definition) is 10. The number of para-hydroxylation sites is 1. The van der Waals surface area contributed by atoms with Gasteiger partial charge in [0.15, 0.2) is 6.10 Å². The first kappa shape index (κ1) is 39.3. The summed E-state index contributed by atoms with van der Waals surface area (Å²) in [5.74, 6) is -0.232. The van der Waals surface area contributed by atoms with E-state index in [9.17, 15) is 24.3 Å². The van der Waals surface area contributed by atoms with Crippen molar-refractivity contribution >= 4 is 29.7 Å². The number of carbonyl (C=O) groups is 4. The molecule has 2 aromatic carbocycles. The minimum Gasteiger partial charge on any atom is -0.507 e. The fourth-order valence-corrected chi connectivity index (χ4v) is 8.26. The fourth-order valence-electron chi connectivity index (χ4n) is 8.26. The number of aryl methyl sites for hydroxylation is 2. The average molecular weight is 749 g/mol. The summed E-state index contributed by atoms with van der Waals surface area (Å²) in [6.45, 7) is 10.4. The lowest BCUT2D eigenvalue weighted by molar-refractivity contribution is -0.146. The van der Waals surface area contributed by atoms with Crippen LogP contribution in [0.2, 0.25) is 0 Å². The number of likely N-dealkylation sites (tertiary alicyclic amines) is 2. The van der Waals surface area contributed by atoms with Crippen LogP contribution in [0, 0.1) is 13.8 Å². The molecule has 0 radical (unpaired) electrons. The number of hydrogen-bond donors (Lipinski definition) is 2. The molecule has 4 amide bonds. The van der Waals surface area contributed by atoms with Crippen LogP contribution in [0.25, 0.3) is 0 Å². The van der Waals surface area contributed by atoms with Crippen LogP contribution in [-0.2, 0) is 36.6 Å². The monoisotopic (exact) mass is 748 g/mol. The molecular weight excluding hydrogens is 692 g/mol. The van der Waals surface area contributed by atoms with Crippen molar-refractivity contribution in [2.45, 2.75) is 70.6 Å². The third-order valence-corrected chi connectivity index (χ3v) is 11.4. The zero-order valence-electron chi connectivity index (χ0n) is 32.0. The van der Waals surface area contributed by atoms with E-state index in [1.54, 1.807) is 12.0 Å². The topological polar surface area (TPSA) is 144 Å². The van der Waals surface area contributed by atoms with Gasteiger partial charge in [-0.25, -0.2) is 9.59 Å². The van der Waals surface area contributed by atoms with Gasteiger partial charge in [-0.05, 0) is 74.3 Å². The van der Waals surface area contributed by atoms with Crippen molar-refractivity contribution in [3.63, 3.8) is 0 Å². The summed E-state index contributed by atoms with van der Waals surface area (Å²) in [7, 11) is 1.57. The predicted octanol–water partition coefficient (Wildman–Crippen LogP) is 3.41. The number of rotatable bonds is 11. The van der Waals surface area contributed by atoms with Crippen LogP contribution in [0.1, 0.15) is 47.9 Å². The Labute approximate surface area is 318 Å². The lowest BCUT2D eigenvalue weighted by atomic mass is 9.98. The second-order valence-corrected chi connectivity index (χ2v) is 15.0. The Morgan fingerprint density at radius 3 is 2.19 bits per heavy atom. The number of esters is 1. The summed E-state index contributed by atoms with van der Waals surface area (Å²) in [6, 6.07) is 11.8. The Hall–Kier alpha value is -4.40. The normalized spacial score (nSPS) is 19.8. The molecule has 6 rings (SSSR count). The predicted molar refractivity (Wildman–Crippen MR) is 202 cm³/mol. The number of anilines is 1. The number of phenols is 1. The van der Waals surface area contributed by atoms with Gasteiger partial charge in [-0.2, -0.15) is 0 Å². The smallest absolute Gasteiger partial charge is 0.410 e. The van der Waals surface area contributed by atoms with Gasteiger partial charge in [-0.1, -0.05) is 30.3 Å². The number of piperazine rings is 1. The maximum Gasteiger partial charge on any atom is 0.410 e. The number of ether oxygens (including phenoxy) is 3. The minimum atomic E-state index is -1.02. The third kappa shape index (κ3) is 9.82. The third-order valence-electron chi connectivity index (χ3n) is 11.4. The number of nitrogens with zero attached hydrogens (tertiary/aromatic N) is 5. The molecule has 4 heterocycles. The van der Waals surface area contributed by atoms with Gasteiger partial charge in [0.1, 0.15) is 12.4 Å². The molecule has 1 atom stereocenters. The molecule has 2 N–H and O–H groups in total. The summed E-state index contributed by atoms with van der Waals surface area (Å²) < 4.78 is 16.2. The number of aromatic hydroxyl groups is 1. The Bertz CT molecular complexity index is 1610. The highest BCUT2D eigenvalue weighted by Crippen LogP contribution is 2.28. The maximum absolute atomic E-state index is 14.2. The first-order valence-corrected chi connectivity index (χ1v) is 19.4. The van der Waals surface area contributed by atoms with Crippen LogP contribution in [0.4, 0.5) is 15.3 Å². The molecule has 0 spiro atoms. The van der Waals surface area contributed by atoms with Gasteiger partial charge in [0.25, 0.3) is 5.91 Å². The number of phenolic OH excluding ortho intramolecular Hbond substituents is 1. The van der Waals surface area contributed by atoms with Crippen molar-refractivity contribution in [2.24, 2.45) is 0 Å². The number of carbonyl (C=O) groups excluding carboxylic acids is 4. The number of benzene rings is 2. The molecule has 0 aliphatic carbocycles. The fraction of sp³-hybridized carbons (Fsp3) is 0.600. The van der Waals surface area contributed by atoms with E-state index in [1.165, 1.54) is 0 Å². The van der Waals surface area contributed by atoms with E-state index in [4.69, 9.17) is 14.2 Å². The second kappa shape index (κ2) is 18.3. The van der Waals surface area contributed by atoms with Crippen LogP contribution in [0.15, 0.2) is 36.4 Å². The Kier molecular flexibility index (Phi) is 13.3. The van der Waals surface area contributed by atoms with E-state index in [0.29, 0.717) is 69.3 Å². The van der Waals surface area contributed by atoms with Crippen LogP contribution in [0.3, 0.4) is 0 Å². The molecule has 3 fully saturated rings. The van der Waals surface area contributed by atoms with Gasteiger partial charge in [-0.15, -0.1) is 0 Å². The number of nitrogens with one attached hydrogen (secondary N) is 1. The number of piperidine rings is 2. The molecule has 0 saturated carbocycles. The molecule has 4 aliphatic heterocycles. The molecule has 0 unspecified atom stereocenters. The highest BCUT2D eigenvalue weighted by atomic mass is 16.6. The first-order chi connectivity index (χ1) is 26.1. The molecule has 4 aliphatic rings. The number of fused-ring (bicyclic) bond motifs is 1. The van der Waals surface area contributed by atoms with Gasteiger partial charge >= 0.3 is 18.1 Å². The van der Waals surface area contributed by atoms with E-state index >= 15 is 0 Å². The average Bonchev–Trinajstić information content (AvgIpc) is 3.35. The van der Waals surface area contributed by atoms with Crippen molar-refractivity contribution in [1.82, 2.24) is 24.5 Å². The van der Waals surface area contributed by atoms with Crippen molar-refractivity contribution in [3.8, 4) is 5.75 Å². The van der Waals surface area contributed by atoms with Crippen molar-refractivity contribution in [2.75, 3.05) is 91.1 Å². The number of urea groups is 1. The van der Waals surface area contributed by atoms with Gasteiger partial charge in [-0.3, -0.25) is 19.4 Å². The number of methoxy groups -OCH3 is 1. The van der Waals surface area contributed by atoms with Crippen molar-refractivity contribution < 1.29 is 38.5 Å². The zero-order chi connectivity index (χ0) is 38.2. The SMILES string of the molecule is COCCOC(=O)CN1CCN(C2CCN(C(=O)[C@@H](Cc3cc(C)c(O)c(C)c3)OC(=O)N3CCC(N4CCc5ccccc5NC4=O)CC3)CC2)CC1. The van der Waals surface area contributed by atoms with Crippen LogP contribution < -0.4 is 5.32 Å². The van der Waals surface area contributed by atoms with Crippen molar-refractivity contribution in [1.29, 1.82) is 0 Å². The molecule has 0 aromatic heterocycles. The quantitative estimate of drug-likeness (QED) is 0.259. The molecule has 14 nitrogen and oxygen atoms in total. The maximum atomic E-state index is 14.2. The highest BCUT2D eigenvalue weighted by Gasteiger charge is 2.37.